The van der Waals surface area contributed by atoms with Gasteiger partial charge in [-0.2, -0.15) is 4.91 Å². The maximum atomic E-state index is 11.0. The standard InChI is InChI=1S/C12H15N5O4/c1-12(19)8(16-20)7(4-18)21-11(12)17-3-2-6-9(13)14-5-15-10(6)17/h2-3,5,7-8,11,18-19H,4H2,1H3,(H2,13,14,15)/t7-,8-,11-,12-/m1/s1. The van der Waals surface area contributed by atoms with E-state index in [4.69, 9.17) is 10.5 Å². The normalized spacial score (nSPS) is 32.6. The van der Waals surface area contributed by atoms with Crippen LogP contribution in [0.2, 0.25) is 0 Å². The molecule has 4 atom stereocenters. The molecule has 1 fully saturated rings. The van der Waals surface area contributed by atoms with E-state index in [1.54, 1.807) is 16.8 Å². The monoisotopic (exact) mass is 293 g/mol. The molecule has 0 aliphatic carbocycles. The Balaban J connectivity index is 2.10. The predicted octanol–water partition coefficient (Wildman–Crippen LogP) is -0.211. The summed E-state index contributed by atoms with van der Waals surface area (Å²) in [5.41, 5.74) is 4.65. The highest BCUT2D eigenvalue weighted by Gasteiger charge is 2.55. The third-order valence-corrected chi connectivity index (χ3v) is 3.84. The Morgan fingerprint density at radius 3 is 2.95 bits per heavy atom. The number of anilines is 1. The molecule has 0 saturated carbocycles. The Morgan fingerprint density at radius 1 is 1.57 bits per heavy atom. The lowest BCUT2D eigenvalue weighted by atomic mass is 9.94. The van der Waals surface area contributed by atoms with E-state index in [0.29, 0.717) is 16.9 Å². The van der Waals surface area contributed by atoms with Crippen LogP contribution in [0.1, 0.15) is 13.2 Å². The number of nitrogen functional groups attached to an aromatic ring is 1. The molecular weight excluding hydrogens is 278 g/mol. The topological polar surface area (TPSA) is 136 Å². The molecule has 3 rings (SSSR count). The van der Waals surface area contributed by atoms with Crippen molar-refractivity contribution >= 4 is 16.9 Å². The van der Waals surface area contributed by atoms with Crippen LogP contribution in [0.4, 0.5) is 5.82 Å². The van der Waals surface area contributed by atoms with Crippen molar-refractivity contribution in [2.45, 2.75) is 30.9 Å². The molecule has 2 aromatic heterocycles. The van der Waals surface area contributed by atoms with Crippen molar-refractivity contribution in [3.8, 4) is 0 Å². The smallest absolute Gasteiger partial charge is 0.166 e. The average Bonchev–Trinajstić information content (AvgIpc) is 2.97. The number of nitrogens with two attached hydrogens (primary N) is 1. The van der Waals surface area contributed by atoms with Crippen molar-refractivity contribution in [3.63, 3.8) is 0 Å². The molecule has 0 unspecified atom stereocenters. The molecule has 9 nitrogen and oxygen atoms in total. The van der Waals surface area contributed by atoms with Gasteiger partial charge < -0.3 is 25.3 Å². The van der Waals surface area contributed by atoms with E-state index in [-0.39, 0.29) is 0 Å². The predicted molar refractivity (Wildman–Crippen MR) is 73.1 cm³/mol. The molecule has 9 heteroatoms. The van der Waals surface area contributed by atoms with Gasteiger partial charge in [-0.15, -0.1) is 0 Å². The van der Waals surface area contributed by atoms with Crippen molar-refractivity contribution < 1.29 is 14.9 Å². The molecular formula is C12H15N5O4. The summed E-state index contributed by atoms with van der Waals surface area (Å²) >= 11 is 0. The molecule has 0 bridgehead atoms. The second-order valence-corrected chi connectivity index (χ2v) is 5.20. The van der Waals surface area contributed by atoms with Gasteiger partial charge in [-0.3, -0.25) is 0 Å². The van der Waals surface area contributed by atoms with Gasteiger partial charge in [0, 0.05) is 6.20 Å². The van der Waals surface area contributed by atoms with Gasteiger partial charge in [-0.05, 0) is 13.0 Å². The number of rotatable bonds is 3. The van der Waals surface area contributed by atoms with Gasteiger partial charge in [-0.25, -0.2) is 9.97 Å². The largest absolute Gasteiger partial charge is 0.394 e. The van der Waals surface area contributed by atoms with Crippen molar-refractivity contribution in [2.75, 3.05) is 12.3 Å². The summed E-state index contributed by atoms with van der Waals surface area (Å²) in [6.07, 6.45) is 1.15. The zero-order valence-electron chi connectivity index (χ0n) is 11.2. The Hall–Kier alpha value is -2.10. The van der Waals surface area contributed by atoms with Crippen molar-refractivity contribution in [1.29, 1.82) is 0 Å². The van der Waals surface area contributed by atoms with Gasteiger partial charge in [0.25, 0.3) is 0 Å². The van der Waals surface area contributed by atoms with E-state index in [2.05, 4.69) is 15.1 Å². The highest BCUT2D eigenvalue weighted by atomic mass is 16.6. The fourth-order valence-electron chi connectivity index (χ4n) is 2.74. The minimum Gasteiger partial charge on any atom is -0.394 e. The Bertz CT molecular complexity index is 685. The first-order valence-corrected chi connectivity index (χ1v) is 6.39. The molecule has 1 saturated heterocycles. The summed E-state index contributed by atoms with van der Waals surface area (Å²) in [7, 11) is 0. The summed E-state index contributed by atoms with van der Waals surface area (Å²) in [6.45, 7) is 1.02. The minimum atomic E-state index is -1.58. The van der Waals surface area contributed by atoms with Gasteiger partial charge in [0.1, 0.15) is 29.5 Å². The second kappa shape index (κ2) is 4.72. The molecule has 0 spiro atoms. The molecule has 1 aliphatic rings. The summed E-state index contributed by atoms with van der Waals surface area (Å²) in [5.74, 6) is 0.306. The van der Waals surface area contributed by atoms with E-state index in [1.807, 2.05) is 0 Å². The second-order valence-electron chi connectivity index (χ2n) is 5.20. The molecule has 4 N–H and O–H groups in total. The van der Waals surface area contributed by atoms with Gasteiger partial charge >= 0.3 is 0 Å². The van der Waals surface area contributed by atoms with E-state index >= 15 is 0 Å². The summed E-state index contributed by atoms with van der Waals surface area (Å²) in [5, 5.41) is 23.4. The third kappa shape index (κ3) is 1.89. The van der Waals surface area contributed by atoms with E-state index in [9.17, 15) is 15.1 Å². The number of aliphatic hydroxyl groups excluding tert-OH is 1. The lowest BCUT2D eigenvalue weighted by molar-refractivity contribution is -0.0859. The number of ether oxygens (including phenoxy) is 1. The van der Waals surface area contributed by atoms with Gasteiger partial charge in [-0.1, -0.05) is 5.18 Å². The van der Waals surface area contributed by atoms with E-state index in [0.717, 1.165) is 0 Å². The minimum absolute atomic E-state index is 0.306. The van der Waals surface area contributed by atoms with Crippen LogP contribution in [-0.4, -0.2) is 49.1 Å². The van der Waals surface area contributed by atoms with Crippen LogP contribution in [-0.2, 0) is 4.74 Å². The van der Waals surface area contributed by atoms with Crippen LogP contribution >= 0.6 is 0 Å². The molecule has 0 amide bonds. The first-order chi connectivity index (χ1) is 10.0. The first kappa shape index (κ1) is 13.9. The van der Waals surface area contributed by atoms with Crippen LogP contribution in [0.5, 0.6) is 0 Å². The van der Waals surface area contributed by atoms with Crippen LogP contribution in [0.25, 0.3) is 11.0 Å². The lowest BCUT2D eigenvalue weighted by Gasteiger charge is -2.27. The summed E-state index contributed by atoms with van der Waals surface area (Å²) in [6, 6.07) is 0.615. The third-order valence-electron chi connectivity index (χ3n) is 3.84. The molecule has 1 aliphatic heterocycles. The molecule has 3 heterocycles. The van der Waals surface area contributed by atoms with E-state index < -0.39 is 30.6 Å². The average molecular weight is 293 g/mol. The lowest BCUT2D eigenvalue weighted by Crippen LogP contribution is -2.43. The van der Waals surface area contributed by atoms with Gasteiger partial charge in [0.05, 0.1) is 12.0 Å². The van der Waals surface area contributed by atoms with Crippen LogP contribution in [0, 0.1) is 4.91 Å². The maximum Gasteiger partial charge on any atom is 0.166 e. The van der Waals surface area contributed by atoms with Crippen molar-refractivity contribution in [2.24, 2.45) is 5.18 Å². The fourth-order valence-corrected chi connectivity index (χ4v) is 2.74. The highest BCUT2D eigenvalue weighted by Crippen LogP contribution is 2.41. The fraction of sp³-hybridized carbons (Fsp3) is 0.500. The zero-order valence-corrected chi connectivity index (χ0v) is 11.2. The quantitative estimate of drug-likeness (QED) is 0.666. The molecule has 112 valence electrons. The number of hydrogen-bond donors (Lipinski definition) is 3. The molecule has 21 heavy (non-hydrogen) atoms. The zero-order chi connectivity index (χ0) is 15.2. The highest BCUT2D eigenvalue weighted by molar-refractivity contribution is 5.86. The maximum absolute atomic E-state index is 11.0. The Kier molecular flexibility index (Phi) is 3.12. The number of fused-ring (bicyclic) bond motifs is 1. The number of hydrogen-bond acceptors (Lipinski definition) is 8. The number of nitroso groups, excluding NO2 is 1. The Morgan fingerprint density at radius 2 is 2.33 bits per heavy atom. The van der Waals surface area contributed by atoms with Gasteiger partial charge in [0.15, 0.2) is 12.3 Å². The number of aromatic nitrogens is 3. The van der Waals surface area contributed by atoms with Gasteiger partial charge in [0.2, 0.25) is 0 Å². The SMILES string of the molecule is C[C@@]1(O)[C@H](N=O)[C@@H](CO)O[C@H]1n1ccc2c(N)ncnc21. The van der Waals surface area contributed by atoms with Crippen LogP contribution in [0.3, 0.4) is 0 Å². The first-order valence-electron chi connectivity index (χ1n) is 6.39. The van der Waals surface area contributed by atoms with Crippen LogP contribution < -0.4 is 5.73 Å². The van der Waals surface area contributed by atoms with Crippen molar-refractivity contribution in [1.82, 2.24) is 14.5 Å². The van der Waals surface area contributed by atoms with Crippen LogP contribution in [0.15, 0.2) is 23.8 Å². The number of nitrogens with zero attached hydrogens (tertiary/aromatic N) is 4. The number of aliphatic hydroxyl groups is 2. The molecule has 2 aromatic rings. The summed E-state index contributed by atoms with van der Waals surface area (Å²) < 4.78 is 7.15. The molecule has 0 aromatic carbocycles. The van der Waals surface area contributed by atoms with Crippen molar-refractivity contribution in [3.05, 3.63) is 23.5 Å². The Labute approximate surface area is 119 Å². The molecule has 0 radical (unpaired) electrons. The van der Waals surface area contributed by atoms with E-state index in [1.165, 1.54) is 13.3 Å². The summed E-state index contributed by atoms with van der Waals surface area (Å²) in [4.78, 5) is 19.0.